The molecular formula is C52H58. The fourth-order valence-corrected chi connectivity index (χ4v) is 9.10. The normalized spacial score (nSPS) is 20.2. The van der Waals surface area contributed by atoms with E-state index in [0.717, 1.165) is 12.8 Å². The van der Waals surface area contributed by atoms with Gasteiger partial charge in [-0.05, 0) is 95.9 Å². The van der Waals surface area contributed by atoms with Crippen LogP contribution in [0.2, 0.25) is 0 Å². The summed E-state index contributed by atoms with van der Waals surface area (Å²) in [4.78, 5) is 0. The predicted molar refractivity (Wildman–Crippen MR) is 225 cm³/mol. The third-order valence-electron chi connectivity index (χ3n) is 12.0. The zero-order valence-corrected chi connectivity index (χ0v) is 33.3. The summed E-state index contributed by atoms with van der Waals surface area (Å²) >= 11 is 0. The Kier molecular flexibility index (Phi) is 9.14. The standard InChI is InChI=1S/C52H58/c1-11-52(31-30-39(34-52)50(5,6)7)48(43-25-19-18-24-42(43)46(35-20-14-12-15-21-35)36-22-16-13-17-23-36)47-44-33-37-32-38(49(2,3)4)26-27-40(37)41(44)28-29-45(47)51(8,9)10/h12-32,34,43,48H,11,33H2,1-10H3. The Morgan fingerprint density at radius 2 is 1.33 bits per heavy atom. The van der Waals surface area contributed by atoms with Gasteiger partial charge in [-0.1, -0.05) is 203 Å². The van der Waals surface area contributed by atoms with Crippen LogP contribution in [0.5, 0.6) is 0 Å². The van der Waals surface area contributed by atoms with Gasteiger partial charge in [0.05, 0.1) is 0 Å². The minimum Gasteiger partial charge on any atom is -0.0763 e. The van der Waals surface area contributed by atoms with E-state index in [4.69, 9.17) is 0 Å². The Bertz CT molecular complexity index is 2080. The van der Waals surface area contributed by atoms with Gasteiger partial charge in [-0.2, -0.15) is 0 Å². The first-order chi connectivity index (χ1) is 24.6. The number of fused-ring (bicyclic) bond motifs is 3. The molecule has 0 aliphatic heterocycles. The lowest BCUT2D eigenvalue weighted by atomic mass is 9.59. The van der Waals surface area contributed by atoms with Crippen molar-refractivity contribution in [1.29, 1.82) is 0 Å². The Labute approximate surface area is 314 Å². The average molecular weight is 683 g/mol. The monoisotopic (exact) mass is 682 g/mol. The third kappa shape index (κ3) is 6.44. The van der Waals surface area contributed by atoms with Crippen molar-refractivity contribution in [3.05, 3.63) is 184 Å². The maximum Gasteiger partial charge on any atom is 0.0145 e. The van der Waals surface area contributed by atoms with Crippen molar-refractivity contribution < 1.29 is 0 Å². The van der Waals surface area contributed by atoms with Crippen LogP contribution in [0.1, 0.15) is 121 Å². The van der Waals surface area contributed by atoms with Gasteiger partial charge < -0.3 is 0 Å². The average Bonchev–Trinajstić information content (AvgIpc) is 3.72. The maximum atomic E-state index is 2.68. The smallest absolute Gasteiger partial charge is 0.0145 e. The molecule has 0 spiro atoms. The van der Waals surface area contributed by atoms with Crippen LogP contribution in [0.4, 0.5) is 0 Å². The molecule has 0 nitrogen and oxygen atoms in total. The van der Waals surface area contributed by atoms with E-state index in [1.807, 2.05) is 0 Å². The van der Waals surface area contributed by atoms with Crippen LogP contribution >= 0.6 is 0 Å². The topological polar surface area (TPSA) is 0 Å². The summed E-state index contributed by atoms with van der Waals surface area (Å²) in [5.74, 6) is 0.315. The summed E-state index contributed by atoms with van der Waals surface area (Å²) < 4.78 is 0. The van der Waals surface area contributed by atoms with Crippen molar-refractivity contribution in [1.82, 2.24) is 0 Å². The fourth-order valence-electron chi connectivity index (χ4n) is 9.10. The molecule has 3 unspecified atom stereocenters. The Hall–Kier alpha value is -4.42. The van der Waals surface area contributed by atoms with Crippen molar-refractivity contribution in [3.8, 4) is 11.1 Å². The molecule has 7 rings (SSSR count). The highest BCUT2D eigenvalue weighted by atomic mass is 14.5. The highest BCUT2D eigenvalue weighted by Crippen LogP contribution is 2.59. The maximum absolute atomic E-state index is 2.68. The highest BCUT2D eigenvalue weighted by Gasteiger charge is 2.47. The number of hydrogen-bond acceptors (Lipinski definition) is 0. The summed E-state index contributed by atoms with van der Waals surface area (Å²) in [6.07, 6.45) is 19.3. The molecule has 0 heteroatoms. The SMILES string of the molecule is CCC1(C(c2c(C(C)(C)C)ccc3c2Cc2cc(C(C)(C)C)ccc2-3)C2C=CC=CC2=C(c2ccccc2)c2ccccc2)C=CC(C(C)(C)C)=C1. The molecule has 0 aromatic heterocycles. The van der Waals surface area contributed by atoms with Gasteiger partial charge in [0.2, 0.25) is 0 Å². The molecular weight excluding hydrogens is 625 g/mol. The highest BCUT2D eigenvalue weighted by molar-refractivity contribution is 5.85. The van der Waals surface area contributed by atoms with E-state index in [9.17, 15) is 0 Å². The lowest BCUT2D eigenvalue weighted by Gasteiger charge is -2.44. The van der Waals surface area contributed by atoms with Crippen LogP contribution in [0.15, 0.2) is 145 Å². The zero-order chi connectivity index (χ0) is 37.1. The zero-order valence-electron chi connectivity index (χ0n) is 33.3. The van der Waals surface area contributed by atoms with E-state index in [-0.39, 0.29) is 33.5 Å². The summed E-state index contributed by atoms with van der Waals surface area (Å²) in [6, 6.07) is 34.4. The molecule has 266 valence electrons. The second-order valence-corrected chi connectivity index (χ2v) is 18.6. The molecule has 4 aromatic rings. The Morgan fingerprint density at radius 1 is 0.692 bits per heavy atom. The van der Waals surface area contributed by atoms with Crippen molar-refractivity contribution >= 4 is 5.57 Å². The largest absolute Gasteiger partial charge is 0.0763 e. The van der Waals surface area contributed by atoms with Gasteiger partial charge >= 0.3 is 0 Å². The lowest BCUT2D eigenvalue weighted by molar-refractivity contribution is 0.325. The molecule has 3 aliphatic carbocycles. The Morgan fingerprint density at radius 3 is 1.88 bits per heavy atom. The second-order valence-electron chi connectivity index (χ2n) is 18.6. The van der Waals surface area contributed by atoms with Crippen LogP contribution in [0, 0.1) is 16.7 Å². The van der Waals surface area contributed by atoms with Crippen LogP contribution in [-0.2, 0) is 17.3 Å². The van der Waals surface area contributed by atoms with Gasteiger partial charge in [0.25, 0.3) is 0 Å². The predicted octanol–water partition coefficient (Wildman–Crippen LogP) is 14.1. The van der Waals surface area contributed by atoms with Crippen molar-refractivity contribution in [2.24, 2.45) is 16.7 Å². The lowest BCUT2D eigenvalue weighted by Crippen LogP contribution is -2.34. The molecule has 0 radical (unpaired) electrons. The summed E-state index contributed by atoms with van der Waals surface area (Å²) in [5.41, 5.74) is 16.9. The van der Waals surface area contributed by atoms with E-state index in [1.165, 1.54) is 61.2 Å². The van der Waals surface area contributed by atoms with Gasteiger partial charge in [-0.25, -0.2) is 0 Å². The van der Waals surface area contributed by atoms with Gasteiger partial charge in [0, 0.05) is 17.3 Å². The first kappa shape index (κ1) is 36.0. The van der Waals surface area contributed by atoms with Gasteiger partial charge in [0.1, 0.15) is 0 Å². The molecule has 0 heterocycles. The van der Waals surface area contributed by atoms with Crippen molar-refractivity contribution in [3.63, 3.8) is 0 Å². The van der Waals surface area contributed by atoms with E-state index in [2.05, 4.69) is 203 Å². The van der Waals surface area contributed by atoms with Crippen LogP contribution < -0.4 is 0 Å². The molecule has 0 amide bonds. The van der Waals surface area contributed by atoms with Gasteiger partial charge in [-0.15, -0.1) is 0 Å². The summed E-state index contributed by atoms with van der Waals surface area (Å²) in [7, 11) is 0. The van der Waals surface area contributed by atoms with E-state index < -0.39 is 0 Å². The fraction of sp³-hybridized carbons (Fsp3) is 0.346. The van der Waals surface area contributed by atoms with E-state index in [1.54, 1.807) is 5.56 Å². The van der Waals surface area contributed by atoms with Gasteiger partial charge in [0.15, 0.2) is 0 Å². The number of rotatable bonds is 6. The number of hydrogen-bond donors (Lipinski definition) is 0. The molecule has 52 heavy (non-hydrogen) atoms. The summed E-state index contributed by atoms with van der Waals surface area (Å²) in [6.45, 7) is 23.8. The molecule has 3 aliphatic rings. The quantitative estimate of drug-likeness (QED) is 0.167. The molecule has 0 saturated heterocycles. The van der Waals surface area contributed by atoms with Crippen LogP contribution in [0.3, 0.4) is 0 Å². The second kappa shape index (κ2) is 13.2. The van der Waals surface area contributed by atoms with E-state index >= 15 is 0 Å². The van der Waals surface area contributed by atoms with E-state index in [0.29, 0.717) is 0 Å². The van der Waals surface area contributed by atoms with Crippen molar-refractivity contribution in [2.45, 2.75) is 98.8 Å². The molecule has 0 fully saturated rings. The molecule has 0 saturated carbocycles. The Balaban J connectivity index is 1.57. The first-order valence-corrected chi connectivity index (χ1v) is 19.5. The van der Waals surface area contributed by atoms with Crippen molar-refractivity contribution in [2.75, 3.05) is 0 Å². The minimum absolute atomic E-state index is 0.0401. The first-order valence-electron chi connectivity index (χ1n) is 19.5. The third-order valence-corrected chi connectivity index (χ3v) is 12.0. The molecule has 3 atom stereocenters. The summed E-state index contributed by atoms with van der Waals surface area (Å²) in [5, 5.41) is 0. The molecule has 0 bridgehead atoms. The number of benzene rings is 4. The molecule has 4 aromatic carbocycles. The van der Waals surface area contributed by atoms with Crippen LogP contribution in [-0.4, -0.2) is 0 Å². The van der Waals surface area contributed by atoms with Gasteiger partial charge in [-0.3, -0.25) is 0 Å². The minimum atomic E-state index is -0.174. The van der Waals surface area contributed by atoms with Crippen LogP contribution in [0.25, 0.3) is 16.7 Å². The molecule has 0 N–H and O–H groups in total. The number of allylic oxidation sites excluding steroid dienone is 9.